The number of piperidine rings is 1. The van der Waals surface area contributed by atoms with Gasteiger partial charge in [-0.2, -0.15) is 0 Å². The summed E-state index contributed by atoms with van der Waals surface area (Å²) in [5, 5.41) is 4.51. The summed E-state index contributed by atoms with van der Waals surface area (Å²) in [6.45, 7) is 6.74. The molecule has 2 nitrogen and oxygen atoms in total. The van der Waals surface area contributed by atoms with Crippen molar-refractivity contribution < 1.29 is 0 Å². The molecule has 1 saturated heterocycles. The highest BCUT2D eigenvalue weighted by molar-refractivity contribution is 6.31. The molecule has 3 rings (SSSR count). The maximum Gasteiger partial charge on any atom is 0.0471 e. The Balaban J connectivity index is 1.84. The Morgan fingerprint density at radius 3 is 2.75 bits per heavy atom. The van der Waals surface area contributed by atoms with Crippen LogP contribution in [0.2, 0.25) is 5.02 Å². The number of benzene rings is 1. The smallest absolute Gasteiger partial charge is 0.0471 e. The van der Waals surface area contributed by atoms with E-state index in [1.165, 1.54) is 36.9 Å². The van der Waals surface area contributed by atoms with Crippen molar-refractivity contribution in [2.45, 2.75) is 58.2 Å². The first kappa shape index (κ1) is 14.2. The fourth-order valence-electron chi connectivity index (χ4n) is 3.15. The van der Waals surface area contributed by atoms with Crippen LogP contribution in [0.4, 0.5) is 5.69 Å². The summed E-state index contributed by atoms with van der Waals surface area (Å²) in [7, 11) is 0. The lowest BCUT2D eigenvalue weighted by molar-refractivity contribution is 0.389. The van der Waals surface area contributed by atoms with Crippen LogP contribution < -0.4 is 10.2 Å². The molecule has 3 heteroatoms. The fourth-order valence-corrected chi connectivity index (χ4v) is 3.39. The Morgan fingerprint density at radius 2 is 2.00 bits per heavy atom. The van der Waals surface area contributed by atoms with Crippen LogP contribution >= 0.6 is 11.6 Å². The number of nitrogens with one attached hydrogen (secondary N) is 1. The maximum absolute atomic E-state index is 6.47. The monoisotopic (exact) mass is 292 g/mol. The van der Waals surface area contributed by atoms with Crippen molar-refractivity contribution in [1.82, 2.24) is 5.32 Å². The van der Waals surface area contributed by atoms with Crippen molar-refractivity contribution in [3.63, 3.8) is 0 Å². The molecule has 2 aliphatic rings. The minimum atomic E-state index is 0.615. The van der Waals surface area contributed by atoms with Crippen molar-refractivity contribution in [3.05, 3.63) is 28.8 Å². The Morgan fingerprint density at radius 1 is 1.20 bits per heavy atom. The summed E-state index contributed by atoms with van der Waals surface area (Å²) in [6, 6.07) is 7.68. The Kier molecular flexibility index (Phi) is 4.23. The van der Waals surface area contributed by atoms with Gasteiger partial charge in [-0.3, -0.25) is 0 Å². The van der Waals surface area contributed by atoms with E-state index in [4.69, 9.17) is 11.6 Å². The predicted molar refractivity (Wildman–Crippen MR) is 86.5 cm³/mol. The zero-order valence-corrected chi connectivity index (χ0v) is 13.3. The van der Waals surface area contributed by atoms with Gasteiger partial charge in [0.1, 0.15) is 0 Å². The molecule has 0 aromatic heterocycles. The molecule has 1 aromatic carbocycles. The topological polar surface area (TPSA) is 15.3 Å². The summed E-state index contributed by atoms with van der Waals surface area (Å²) in [5.41, 5.74) is 2.62. The van der Waals surface area contributed by atoms with Crippen LogP contribution in [0.3, 0.4) is 0 Å². The molecule has 1 heterocycles. The molecule has 2 unspecified atom stereocenters. The van der Waals surface area contributed by atoms with Crippen molar-refractivity contribution in [1.29, 1.82) is 0 Å². The largest absolute Gasteiger partial charge is 0.368 e. The molecular weight excluding hydrogens is 268 g/mol. The van der Waals surface area contributed by atoms with E-state index in [-0.39, 0.29) is 0 Å². The van der Waals surface area contributed by atoms with Gasteiger partial charge < -0.3 is 10.2 Å². The normalized spacial score (nSPS) is 26.9. The van der Waals surface area contributed by atoms with Crippen LogP contribution in [0.1, 0.15) is 45.1 Å². The van der Waals surface area contributed by atoms with Crippen LogP contribution in [-0.2, 0) is 6.54 Å². The molecular formula is C17H25ClN2. The van der Waals surface area contributed by atoms with Gasteiger partial charge in [-0.25, -0.2) is 0 Å². The van der Waals surface area contributed by atoms with Gasteiger partial charge in [0.05, 0.1) is 0 Å². The van der Waals surface area contributed by atoms with E-state index in [0.29, 0.717) is 6.04 Å². The van der Waals surface area contributed by atoms with Gasteiger partial charge in [0, 0.05) is 41.4 Å². The molecule has 1 aliphatic heterocycles. The third-order valence-electron chi connectivity index (χ3n) is 4.67. The lowest BCUT2D eigenvalue weighted by Gasteiger charge is -2.40. The number of hydrogen-bond donors (Lipinski definition) is 1. The average molecular weight is 293 g/mol. The second-order valence-electron chi connectivity index (χ2n) is 6.58. The second-order valence-corrected chi connectivity index (χ2v) is 6.98. The highest BCUT2D eigenvalue weighted by Crippen LogP contribution is 2.34. The molecule has 110 valence electrons. The summed E-state index contributed by atoms with van der Waals surface area (Å²) >= 11 is 6.47. The van der Waals surface area contributed by atoms with E-state index in [1.54, 1.807) is 0 Å². The van der Waals surface area contributed by atoms with Gasteiger partial charge >= 0.3 is 0 Å². The predicted octanol–water partition coefficient (Wildman–Crippen LogP) is 4.22. The summed E-state index contributed by atoms with van der Waals surface area (Å²) in [4.78, 5) is 2.56. The number of nitrogens with zero attached hydrogens (tertiary/aromatic N) is 1. The summed E-state index contributed by atoms with van der Waals surface area (Å²) in [5.74, 6) is 0.773. The van der Waals surface area contributed by atoms with Gasteiger partial charge in [0.25, 0.3) is 0 Å². The van der Waals surface area contributed by atoms with Crippen LogP contribution in [0, 0.1) is 5.92 Å². The summed E-state index contributed by atoms with van der Waals surface area (Å²) < 4.78 is 0. The average Bonchev–Trinajstić information content (AvgIpc) is 3.24. The highest BCUT2D eigenvalue weighted by atomic mass is 35.5. The number of hydrogen-bond acceptors (Lipinski definition) is 2. The van der Waals surface area contributed by atoms with Gasteiger partial charge in [-0.1, -0.05) is 24.6 Å². The van der Waals surface area contributed by atoms with Crippen LogP contribution in [0.25, 0.3) is 0 Å². The van der Waals surface area contributed by atoms with Gasteiger partial charge in [-0.05, 0) is 50.7 Å². The molecule has 20 heavy (non-hydrogen) atoms. The molecule has 1 saturated carbocycles. The molecule has 1 aliphatic carbocycles. The maximum atomic E-state index is 6.47. The zero-order chi connectivity index (χ0) is 14.1. The SMILES string of the molecule is CC1CCC(C)N(c2cccc(Cl)c2CNC2CC2)C1. The number of halogens is 1. The quantitative estimate of drug-likeness (QED) is 0.894. The molecule has 0 radical (unpaired) electrons. The van der Waals surface area contributed by atoms with Crippen LogP contribution in [0.5, 0.6) is 0 Å². The van der Waals surface area contributed by atoms with Crippen molar-refractivity contribution in [2.24, 2.45) is 5.92 Å². The van der Waals surface area contributed by atoms with E-state index in [1.807, 2.05) is 6.07 Å². The first-order valence-corrected chi connectivity index (χ1v) is 8.30. The molecule has 0 spiro atoms. The van der Waals surface area contributed by atoms with Crippen LogP contribution in [0.15, 0.2) is 18.2 Å². The third kappa shape index (κ3) is 3.12. The molecule has 1 N–H and O–H groups in total. The van der Waals surface area contributed by atoms with Crippen molar-refractivity contribution in [3.8, 4) is 0 Å². The highest BCUT2D eigenvalue weighted by Gasteiger charge is 2.26. The Bertz CT molecular complexity index is 470. The summed E-state index contributed by atoms with van der Waals surface area (Å²) in [6.07, 6.45) is 5.25. The minimum Gasteiger partial charge on any atom is -0.368 e. The molecule has 0 bridgehead atoms. The van der Waals surface area contributed by atoms with Gasteiger partial charge in [-0.15, -0.1) is 0 Å². The van der Waals surface area contributed by atoms with E-state index < -0.39 is 0 Å². The van der Waals surface area contributed by atoms with E-state index >= 15 is 0 Å². The Hall–Kier alpha value is -0.730. The molecule has 0 amide bonds. The van der Waals surface area contributed by atoms with E-state index in [2.05, 4.69) is 36.2 Å². The van der Waals surface area contributed by atoms with Gasteiger partial charge in [0.2, 0.25) is 0 Å². The number of anilines is 1. The first-order chi connectivity index (χ1) is 9.65. The zero-order valence-electron chi connectivity index (χ0n) is 12.5. The lowest BCUT2D eigenvalue weighted by atomic mass is 9.93. The van der Waals surface area contributed by atoms with E-state index in [9.17, 15) is 0 Å². The standard InChI is InChI=1S/C17H25ClN2/c1-12-6-7-13(2)20(11-12)17-5-3-4-16(18)15(17)10-19-14-8-9-14/h3-5,12-14,19H,6-11H2,1-2H3. The van der Waals surface area contributed by atoms with E-state index in [0.717, 1.165) is 30.1 Å². The molecule has 2 fully saturated rings. The van der Waals surface area contributed by atoms with Gasteiger partial charge in [0.15, 0.2) is 0 Å². The van der Waals surface area contributed by atoms with Crippen molar-refractivity contribution in [2.75, 3.05) is 11.4 Å². The van der Waals surface area contributed by atoms with Crippen molar-refractivity contribution >= 4 is 17.3 Å². The molecule has 2 atom stereocenters. The first-order valence-electron chi connectivity index (χ1n) is 7.92. The minimum absolute atomic E-state index is 0.615. The third-order valence-corrected chi connectivity index (χ3v) is 5.02. The molecule has 1 aromatic rings. The fraction of sp³-hybridized carbons (Fsp3) is 0.647. The van der Waals surface area contributed by atoms with Crippen LogP contribution in [-0.4, -0.2) is 18.6 Å². The lowest BCUT2D eigenvalue weighted by Crippen LogP contribution is -2.41. The Labute approximate surface area is 127 Å². The second kappa shape index (κ2) is 5.95. The number of rotatable bonds is 4.